The Hall–Kier alpha value is -2.25. The second kappa shape index (κ2) is 12.7. The van der Waals surface area contributed by atoms with Crippen LogP contribution >= 0.6 is 12.4 Å². The summed E-state index contributed by atoms with van der Waals surface area (Å²) in [5.41, 5.74) is -0.272. The number of benzene rings is 2. The third-order valence-corrected chi connectivity index (χ3v) is 4.65. The Morgan fingerprint density at radius 3 is 2.28 bits per heavy atom. The molecule has 0 heterocycles. The number of hydrogen-bond donors (Lipinski definition) is 0. The Morgan fingerprint density at radius 1 is 1.00 bits per heavy atom. The number of amides is 1. The molecule has 0 aliphatic rings. The van der Waals surface area contributed by atoms with Crippen LogP contribution in [0.3, 0.4) is 0 Å². The van der Waals surface area contributed by atoms with Crippen LogP contribution in [0.25, 0.3) is 0 Å². The first-order chi connectivity index (χ1) is 14.6. The normalized spacial score (nSPS) is 11.4. The van der Waals surface area contributed by atoms with Gasteiger partial charge in [0.05, 0.1) is 17.9 Å². The molecule has 2 rings (SSSR count). The van der Waals surface area contributed by atoms with Crippen molar-refractivity contribution < 1.29 is 22.7 Å². The van der Waals surface area contributed by atoms with Crippen molar-refractivity contribution in [3.05, 3.63) is 59.7 Å². The molecule has 0 unspecified atom stereocenters. The van der Waals surface area contributed by atoms with E-state index in [0.717, 1.165) is 25.1 Å². The quantitative estimate of drug-likeness (QED) is 0.389. The molecule has 178 valence electrons. The van der Waals surface area contributed by atoms with Gasteiger partial charge in [-0.05, 0) is 69.7 Å². The van der Waals surface area contributed by atoms with Crippen molar-refractivity contribution in [1.29, 1.82) is 0 Å². The molecule has 0 bridgehead atoms. The highest BCUT2D eigenvalue weighted by molar-refractivity contribution is 6.07. The highest BCUT2D eigenvalue weighted by Gasteiger charge is 2.31. The summed E-state index contributed by atoms with van der Waals surface area (Å²) in [7, 11) is 3.95. The van der Waals surface area contributed by atoms with Crippen molar-refractivity contribution in [2.24, 2.45) is 5.92 Å². The fourth-order valence-corrected chi connectivity index (χ4v) is 3.07. The summed E-state index contributed by atoms with van der Waals surface area (Å²) in [5, 5.41) is 0. The standard InChI is InChI=1S/C24H31F3N2O2.ClH/c1-18(2)17-31-22-13-6-5-12-21(22)29(15-8-7-14-28(3)4)23(30)19-10-9-11-20(16-19)24(25,26)27;/h5-6,9-13,16,18H,7-8,14-15,17H2,1-4H3;1H. The molecule has 32 heavy (non-hydrogen) atoms. The molecule has 0 fully saturated rings. The zero-order valence-corrected chi connectivity index (χ0v) is 19.8. The fraction of sp³-hybridized carbons (Fsp3) is 0.458. The van der Waals surface area contributed by atoms with Gasteiger partial charge in [0.1, 0.15) is 5.75 Å². The van der Waals surface area contributed by atoms with E-state index < -0.39 is 17.6 Å². The first-order valence-electron chi connectivity index (χ1n) is 10.4. The summed E-state index contributed by atoms with van der Waals surface area (Å²) in [5.74, 6) is 0.362. The second-order valence-electron chi connectivity index (χ2n) is 8.22. The van der Waals surface area contributed by atoms with Crippen molar-refractivity contribution in [3.8, 4) is 5.75 Å². The maximum atomic E-state index is 13.3. The minimum Gasteiger partial charge on any atom is -0.491 e. The topological polar surface area (TPSA) is 32.8 Å². The number of para-hydroxylation sites is 2. The lowest BCUT2D eigenvalue weighted by Gasteiger charge is -2.26. The Morgan fingerprint density at radius 2 is 1.66 bits per heavy atom. The lowest BCUT2D eigenvalue weighted by atomic mass is 10.1. The van der Waals surface area contributed by atoms with E-state index >= 15 is 0 Å². The molecule has 0 aliphatic heterocycles. The maximum Gasteiger partial charge on any atom is 0.416 e. The van der Waals surface area contributed by atoms with Gasteiger partial charge in [-0.1, -0.05) is 32.0 Å². The Bertz CT molecular complexity index is 857. The van der Waals surface area contributed by atoms with Gasteiger partial charge >= 0.3 is 6.18 Å². The number of carbonyl (C=O) groups is 1. The van der Waals surface area contributed by atoms with Gasteiger partial charge in [0.2, 0.25) is 0 Å². The molecule has 0 atom stereocenters. The van der Waals surface area contributed by atoms with Crippen LogP contribution in [0.2, 0.25) is 0 Å². The Labute approximate surface area is 194 Å². The van der Waals surface area contributed by atoms with Gasteiger partial charge in [-0.3, -0.25) is 4.79 Å². The van der Waals surface area contributed by atoms with E-state index in [4.69, 9.17) is 4.74 Å². The summed E-state index contributed by atoms with van der Waals surface area (Å²) >= 11 is 0. The van der Waals surface area contributed by atoms with Crippen LogP contribution in [0.5, 0.6) is 5.75 Å². The molecule has 1 amide bonds. The number of alkyl halides is 3. The highest BCUT2D eigenvalue weighted by Crippen LogP contribution is 2.32. The van der Waals surface area contributed by atoms with Gasteiger partial charge in [0.15, 0.2) is 0 Å². The first kappa shape index (κ1) is 27.8. The highest BCUT2D eigenvalue weighted by atomic mass is 35.5. The average Bonchev–Trinajstić information content (AvgIpc) is 2.71. The van der Waals surface area contributed by atoms with Gasteiger partial charge in [0.25, 0.3) is 5.91 Å². The Balaban J connectivity index is 0.00000512. The zero-order valence-electron chi connectivity index (χ0n) is 19.0. The monoisotopic (exact) mass is 472 g/mol. The van der Waals surface area contributed by atoms with Gasteiger partial charge < -0.3 is 14.5 Å². The summed E-state index contributed by atoms with van der Waals surface area (Å²) in [6.07, 6.45) is -2.94. The summed E-state index contributed by atoms with van der Waals surface area (Å²) in [6, 6.07) is 11.7. The average molecular weight is 473 g/mol. The van der Waals surface area contributed by atoms with Crippen LogP contribution < -0.4 is 9.64 Å². The van der Waals surface area contributed by atoms with Crippen molar-refractivity contribution in [3.63, 3.8) is 0 Å². The largest absolute Gasteiger partial charge is 0.491 e. The van der Waals surface area contributed by atoms with Crippen LogP contribution in [0, 0.1) is 5.92 Å². The zero-order chi connectivity index (χ0) is 23.0. The number of hydrogen-bond acceptors (Lipinski definition) is 3. The predicted octanol–water partition coefficient (Wildman–Crippen LogP) is 6.15. The number of rotatable bonds is 10. The van der Waals surface area contributed by atoms with Gasteiger partial charge in [-0.25, -0.2) is 0 Å². The molecule has 0 aromatic heterocycles. The predicted molar refractivity (Wildman–Crippen MR) is 125 cm³/mol. The van der Waals surface area contributed by atoms with Gasteiger partial charge in [-0.2, -0.15) is 13.2 Å². The van der Waals surface area contributed by atoms with Crippen molar-refractivity contribution in [2.75, 3.05) is 38.7 Å². The van der Waals surface area contributed by atoms with Gasteiger partial charge in [0, 0.05) is 12.1 Å². The van der Waals surface area contributed by atoms with E-state index in [-0.39, 0.29) is 18.0 Å². The minimum absolute atomic E-state index is 0. The van der Waals surface area contributed by atoms with E-state index in [0.29, 0.717) is 36.9 Å². The lowest BCUT2D eigenvalue weighted by molar-refractivity contribution is -0.137. The summed E-state index contributed by atoms with van der Waals surface area (Å²) in [4.78, 5) is 16.9. The molecule has 0 N–H and O–H groups in total. The van der Waals surface area contributed by atoms with Crippen LogP contribution in [0.4, 0.5) is 18.9 Å². The third kappa shape index (κ3) is 8.36. The third-order valence-electron chi connectivity index (χ3n) is 4.65. The number of nitrogens with zero attached hydrogens (tertiary/aromatic N) is 2. The molecular weight excluding hydrogens is 441 g/mol. The van der Waals surface area contributed by atoms with Crippen LogP contribution in [-0.4, -0.2) is 44.6 Å². The number of unbranched alkanes of at least 4 members (excludes halogenated alkanes) is 1. The minimum atomic E-state index is -4.51. The lowest BCUT2D eigenvalue weighted by Crippen LogP contribution is -2.33. The second-order valence-corrected chi connectivity index (χ2v) is 8.22. The molecule has 2 aromatic rings. The fourth-order valence-electron chi connectivity index (χ4n) is 3.07. The van der Waals surface area contributed by atoms with E-state index in [1.165, 1.54) is 17.0 Å². The number of ether oxygens (including phenoxy) is 1. The molecule has 0 radical (unpaired) electrons. The summed E-state index contributed by atoms with van der Waals surface area (Å²) < 4.78 is 45.4. The molecule has 4 nitrogen and oxygen atoms in total. The molecule has 0 saturated heterocycles. The summed E-state index contributed by atoms with van der Waals surface area (Å²) in [6.45, 7) is 5.76. The van der Waals surface area contributed by atoms with E-state index in [1.807, 2.05) is 34.0 Å². The van der Waals surface area contributed by atoms with Gasteiger partial charge in [-0.15, -0.1) is 12.4 Å². The van der Waals surface area contributed by atoms with E-state index in [2.05, 4.69) is 4.90 Å². The number of halogens is 4. The maximum absolute atomic E-state index is 13.3. The molecule has 0 spiro atoms. The van der Waals surface area contributed by atoms with Crippen molar-refractivity contribution >= 4 is 24.0 Å². The number of anilines is 1. The first-order valence-corrected chi connectivity index (χ1v) is 10.4. The van der Waals surface area contributed by atoms with Crippen LogP contribution in [0.15, 0.2) is 48.5 Å². The van der Waals surface area contributed by atoms with E-state index in [9.17, 15) is 18.0 Å². The van der Waals surface area contributed by atoms with Crippen LogP contribution in [-0.2, 0) is 6.18 Å². The van der Waals surface area contributed by atoms with Crippen LogP contribution in [0.1, 0.15) is 42.6 Å². The molecule has 2 aromatic carbocycles. The molecule has 0 aliphatic carbocycles. The Kier molecular flexibility index (Phi) is 11.0. The number of carbonyl (C=O) groups excluding carboxylic acids is 1. The van der Waals surface area contributed by atoms with E-state index in [1.54, 1.807) is 18.2 Å². The smallest absolute Gasteiger partial charge is 0.416 e. The molecule has 0 saturated carbocycles. The molecular formula is C24H32ClF3N2O2. The SMILES string of the molecule is CC(C)COc1ccccc1N(CCCCN(C)C)C(=O)c1cccc(C(F)(F)F)c1.Cl. The van der Waals surface area contributed by atoms with Crippen molar-refractivity contribution in [1.82, 2.24) is 4.90 Å². The molecule has 8 heteroatoms. The van der Waals surface area contributed by atoms with Crippen molar-refractivity contribution in [2.45, 2.75) is 32.9 Å².